The Balaban J connectivity index is 1.69. The number of carbonyl (C=O) groups excluding carboxylic acids is 1. The third kappa shape index (κ3) is 3.89. The summed E-state index contributed by atoms with van der Waals surface area (Å²) in [5.41, 5.74) is 2.62. The largest absolute Gasteiger partial charge is 0.354 e. The first-order valence-electron chi connectivity index (χ1n) is 8.72. The van der Waals surface area contributed by atoms with Crippen molar-refractivity contribution in [2.45, 2.75) is 45.6 Å². The molecular weight excluding hydrogens is 272 g/mol. The highest BCUT2D eigenvalue weighted by Crippen LogP contribution is 2.30. The molecule has 3 rings (SSSR count). The van der Waals surface area contributed by atoms with E-state index in [2.05, 4.69) is 48.3 Å². The molecule has 22 heavy (non-hydrogen) atoms. The first-order chi connectivity index (χ1) is 10.6. The molecule has 2 aliphatic rings. The van der Waals surface area contributed by atoms with E-state index in [1.54, 1.807) is 0 Å². The Morgan fingerprint density at radius 1 is 1.18 bits per heavy atom. The fraction of sp³-hybridized carbons (Fsp3) is 0.632. The normalized spacial score (nSPS) is 21.5. The van der Waals surface area contributed by atoms with E-state index in [0.717, 1.165) is 38.4 Å². The summed E-state index contributed by atoms with van der Waals surface area (Å²) in [7, 11) is 0. The number of hydrogen-bond acceptors (Lipinski definition) is 2. The topological polar surface area (TPSA) is 32.3 Å². The van der Waals surface area contributed by atoms with Crippen LogP contribution in [-0.4, -0.2) is 30.4 Å². The quantitative estimate of drug-likeness (QED) is 0.905. The second kappa shape index (κ2) is 6.82. The number of benzene rings is 1. The molecule has 2 fully saturated rings. The van der Waals surface area contributed by atoms with E-state index in [1.165, 1.54) is 24.0 Å². The zero-order chi connectivity index (χ0) is 15.5. The molecule has 1 unspecified atom stereocenters. The van der Waals surface area contributed by atoms with Gasteiger partial charge in [0.2, 0.25) is 5.91 Å². The molecule has 1 N–H and O–H groups in total. The Morgan fingerprint density at radius 2 is 1.82 bits per heavy atom. The summed E-state index contributed by atoms with van der Waals surface area (Å²) in [5.74, 6) is 1.37. The number of likely N-dealkylation sites (tertiary alicyclic amines) is 1. The van der Waals surface area contributed by atoms with Gasteiger partial charge in [-0.05, 0) is 57.2 Å². The van der Waals surface area contributed by atoms with Gasteiger partial charge in [0.25, 0.3) is 0 Å². The van der Waals surface area contributed by atoms with Crippen LogP contribution in [0.25, 0.3) is 0 Å². The molecule has 1 heterocycles. The Bertz CT molecular complexity index is 499. The molecule has 1 saturated heterocycles. The fourth-order valence-corrected chi connectivity index (χ4v) is 3.27. The molecule has 0 aromatic heterocycles. The molecule has 1 aromatic rings. The van der Waals surface area contributed by atoms with Crippen molar-refractivity contribution in [1.82, 2.24) is 10.2 Å². The molecular formula is C19H28N2O. The summed E-state index contributed by atoms with van der Waals surface area (Å²) in [5, 5.41) is 3.19. The van der Waals surface area contributed by atoms with Crippen LogP contribution < -0.4 is 5.32 Å². The molecule has 1 aromatic carbocycles. The van der Waals surface area contributed by atoms with Gasteiger partial charge in [-0.1, -0.05) is 36.8 Å². The molecule has 3 heteroatoms. The Hall–Kier alpha value is -1.35. The van der Waals surface area contributed by atoms with Gasteiger partial charge in [-0.2, -0.15) is 0 Å². The molecule has 0 bridgehead atoms. The third-order valence-electron chi connectivity index (χ3n) is 5.14. The lowest BCUT2D eigenvalue weighted by molar-refractivity contribution is -0.122. The summed E-state index contributed by atoms with van der Waals surface area (Å²) in [6.45, 7) is 7.48. The van der Waals surface area contributed by atoms with Crippen molar-refractivity contribution in [1.29, 1.82) is 0 Å². The van der Waals surface area contributed by atoms with Crippen molar-refractivity contribution >= 4 is 5.91 Å². The first kappa shape index (κ1) is 15.5. The van der Waals surface area contributed by atoms with Gasteiger partial charge in [0.05, 0.1) is 6.04 Å². The zero-order valence-electron chi connectivity index (χ0n) is 13.8. The van der Waals surface area contributed by atoms with Gasteiger partial charge in [0, 0.05) is 12.5 Å². The smallest absolute Gasteiger partial charge is 0.223 e. The van der Waals surface area contributed by atoms with Gasteiger partial charge in [-0.3, -0.25) is 9.69 Å². The second-order valence-electron chi connectivity index (χ2n) is 7.16. The van der Waals surface area contributed by atoms with Gasteiger partial charge in [-0.25, -0.2) is 0 Å². The van der Waals surface area contributed by atoms with Crippen LogP contribution in [0.4, 0.5) is 0 Å². The molecule has 1 aliphatic heterocycles. The third-order valence-corrected chi connectivity index (χ3v) is 5.14. The molecule has 1 atom stereocenters. The summed E-state index contributed by atoms with van der Waals surface area (Å²) in [6.07, 6.45) is 4.67. The minimum Gasteiger partial charge on any atom is -0.354 e. The van der Waals surface area contributed by atoms with Crippen LogP contribution in [0.5, 0.6) is 0 Å². The monoisotopic (exact) mass is 300 g/mol. The minimum atomic E-state index is 0.252. The van der Waals surface area contributed by atoms with Crippen molar-refractivity contribution in [3.8, 4) is 0 Å². The van der Waals surface area contributed by atoms with Crippen molar-refractivity contribution in [3.05, 3.63) is 35.4 Å². The summed E-state index contributed by atoms with van der Waals surface area (Å²) in [6, 6.07) is 9.12. The number of nitrogens with one attached hydrogen (secondary N) is 1. The highest BCUT2D eigenvalue weighted by molar-refractivity contribution is 5.80. The lowest BCUT2D eigenvalue weighted by Crippen LogP contribution is -2.42. The van der Waals surface area contributed by atoms with Crippen LogP contribution in [0, 0.1) is 18.8 Å². The van der Waals surface area contributed by atoms with E-state index in [9.17, 15) is 4.79 Å². The molecule has 0 radical (unpaired) electrons. The summed E-state index contributed by atoms with van der Waals surface area (Å²) in [4.78, 5) is 14.6. The van der Waals surface area contributed by atoms with Crippen molar-refractivity contribution in [2.75, 3.05) is 19.6 Å². The fourth-order valence-electron chi connectivity index (χ4n) is 3.27. The van der Waals surface area contributed by atoms with Crippen LogP contribution in [0.3, 0.4) is 0 Å². The zero-order valence-corrected chi connectivity index (χ0v) is 13.8. The van der Waals surface area contributed by atoms with Crippen LogP contribution in [0.15, 0.2) is 24.3 Å². The number of nitrogens with zero attached hydrogens (tertiary/aromatic N) is 1. The van der Waals surface area contributed by atoms with Crippen LogP contribution in [-0.2, 0) is 4.79 Å². The lowest BCUT2D eigenvalue weighted by Gasteiger charge is -2.37. The number of piperidine rings is 1. The van der Waals surface area contributed by atoms with E-state index < -0.39 is 0 Å². The maximum atomic E-state index is 12.0. The average molecular weight is 300 g/mol. The SMILES string of the molecule is Cc1ccc(C(CNC(=O)C2CC2)N2CCC(C)CC2)cc1. The Morgan fingerprint density at radius 3 is 2.41 bits per heavy atom. The standard InChI is InChI=1S/C19H28N2O/c1-14-3-5-16(6-4-14)18(13-20-19(22)17-7-8-17)21-11-9-15(2)10-12-21/h3-6,15,17-18H,7-13H2,1-2H3,(H,20,22). The van der Waals surface area contributed by atoms with Crippen molar-refractivity contribution < 1.29 is 4.79 Å². The van der Waals surface area contributed by atoms with Gasteiger partial charge in [-0.15, -0.1) is 0 Å². The Kier molecular flexibility index (Phi) is 4.82. The number of amides is 1. The van der Waals surface area contributed by atoms with Gasteiger partial charge >= 0.3 is 0 Å². The Labute approximate surface area is 134 Å². The van der Waals surface area contributed by atoms with Gasteiger partial charge in [0.1, 0.15) is 0 Å². The van der Waals surface area contributed by atoms with Crippen molar-refractivity contribution in [3.63, 3.8) is 0 Å². The van der Waals surface area contributed by atoms with Crippen molar-refractivity contribution in [2.24, 2.45) is 11.8 Å². The molecule has 120 valence electrons. The average Bonchev–Trinajstić information content (AvgIpc) is 3.35. The first-order valence-corrected chi connectivity index (χ1v) is 8.72. The predicted octanol–water partition coefficient (Wildman–Crippen LogP) is 3.29. The van der Waals surface area contributed by atoms with Crippen LogP contribution in [0.1, 0.15) is 49.8 Å². The van der Waals surface area contributed by atoms with E-state index in [-0.39, 0.29) is 5.91 Å². The highest BCUT2D eigenvalue weighted by Gasteiger charge is 2.31. The van der Waals surface area contributed by atoms with Gasteiger partial charge in [0.15, 0.2) is 0 Å². The molecule has 0 spiro atoms. The maximum absolute atomic E-state index is 12.0. The highest BCUT2D eigenvalue weighted by atomic mass is 16.2. The summed E-state index contributed by atoms with van der Waals surface area (Å²) >= 11 is 0. The molecule has 1 aliphatic carbocycles. The number of rotatable bonds is 5. The second-order valence-corrected chi connectivity index (χ2v) is 7.16. The van der Waals surface area contributed by atoms with E-state index >= 15 is 0 Å². The predicted molar refractivity (Wildman–Crippen MR) is 89.6 cm³/mol. The lowest BCUT2D eigenvalue weighted by atomic mass is 9.95. The molecule has 1 saturated carbocycles. The van der Waals surface area contributed by atoms with E-state index in [4.69, 9.17) is 0 Å². The van der Waals surface area contributed by atoms with Gasteiger partial charge < -0.3 is 5.32 Å². The number of carbonyl (C=O) groups is 1. The maximum Gasteiger partial charge on any atom is 0.223 e. The minimum absolute atomic E-state index is 0.252. The number of aryl methyl sites for hydroxylation is 1. The molecule has 3 nitrogen and oxygen atoms in total. The van der Waals surface area contributed by atoms with E-state index in [0.29, 0.717) is 12.0 Å². The van der Waals surface area contributed by atoms with E-state index in [1.807, 2.05) is 0 Å². The van der Waals surface area contributed by atoms with Crippen LogP contribution >= 0.6 is 0 Å². The number of hydrogen-bond donors (Lipinski definition) is 1. The molecule has 1 amide bonds. The van der Waals surface area contributed by atoms with Crippen LogP contribution in [0.2, 0.25) is 0 Å². The summed E-state index contributed by atoms with van der Waals surface area (Å²) < 4.78 is 0.